The summed E-state index contributed by atoms with van der Waals surface area (Å²) in [6.45, 7) is 9.81. The van der Waals surface area contributed by atoms with Crippen molar-refractivity contribution in [2.24, 2.45) is 0 Å². The summed E-state index contributed by atoms with van der Waals surface area (Å²) in [4.78, 5) is 4.85. The van der Waals surface area contributed by atoms with Gasteiger partial charge in [0.15, 0.2) is 0 Å². The fraction of sp³-hybridized carbons (Fsp3) is 0.409. The molecule has 0 saturated carbocycles. The molecule has 30 heavy (non-hydrogen) atoms. The van der Waals surface area contributed by atoms with Crippen molar-refractivity contribution in [3.63, 3.8) is 0 Å². The number of piperazine rings is 1. The minimum atomic E-state index is 0.629. The Hall–Kier alpha value is -2.55. The van der Waals surface area contributed by atoms with Crippen molar-refractivity contribution in [3.8, 4) is 11.4 Å². The topological polar surface area (TPSA) is 51.4 Å². The van der Waals surface area contributed by atoms with Crippen LogP contribution >= 0.6 is 12.2 Å². The molecule has 0 radical (unpaired) electrons. The number of ether oxygens (including phenoxy) is 1. The summed E-state index contributed by atoms with van der Waals surface area (Å²) in [5, 5.41) is 8.63. The van der Waals surface area contributed by atoms with E-state index in [1.807, 2.05) is 28.9 Å². The molecule has 0 atom stereocenters. The van der Waals surface area contributed by atoms with Gasteiger partial charge in [-0.3, -0.25) is 9.80 Å². The first-order valence-electron chi connectivity index (χ1n) is 10.2. The summed E-state index contributed by atoms with van der Waals surface area (Å²) in [6, 6.07) is 14.5. The fourth-order valence-corrected chi connectivity index (χ4v) is 3.98. The number of methoxy groups -OCH3 is 1. The second-order valence-corrected chi connectivity index (χ2v) is 8.14. The van der Waals surface area contributed by atoms with Gasteiger partial charge in [-0.15, -0.1) is 0 Å². The van der Waals surface area contributed by atoms with Crippen molar-refractivity contribution in [2.75, 3.05) is 33.3 Å². The van der Waals surface area contributed by atoms with Crippen LogP contribution in [0, 0.1) is 18.6 Å². The van der Waals surface area contributed by atoms with E-state index >= 15 is 0 Å². The lowest BCUT2D eigenvalue weighted by atomic mass is 10.1. The van der Waals surface area contributed by atoms with Gasteiger partial charge in [0.05, 0.1) is 19.5 Å². The number of hydrogen-bond donors (Lipinski definition) is 0. The second-order valence-electron chi connectivity index (χ2n) is 7.78. The van der Waals surface area contributed by atoms with E-state index in [0.29, 0.717) is 11.4 Å². The first-order chi connectivity index (χ1) is 14.5. The molecule has 4 rings (SSSR count). The zero-order valence-electron chi connectivity index (χ0n) is 17.8. The standard InChI is InChI=1S/C22H28N6OS/c1-17-5-4-6-21(18(17)2)28-22(30)27(23-24-28)16-26-13-11-25(12-14-26)15-19-7-9-20(29-3)10-8-19/h4-10H,11-16H2,1-3H3. The molecule has 0 bridgehead atoms. The Morgan fingerprint density at radius 3 is 2.33 bits per heavy atom. The largest absolute Gasteiger partial charge is 0.497 e. The number of rotatable bonds is 6. The molecule has 0 unspecified atom stereocenters. The lowest BCUT2D eigenvalue weighted by Crippen LogP contribution is -2.46. The molecule has 0 N–H and O–H groups in total. The van der Waals surface area contributed by atoms with Crippen LogP contribution in [0.3, 0.4) is 0 Å². The average Bonchev–Trinajstić information content (AvgIpc) is 3.12. The third-order valence-corrected chi connectivity index (χ3v) is 6.19. The zero-order chi connectivity index (χ0) is 21.1. The lowest BCUT2D eigenvalue weighted by Gasteiger charge is -2.34. The molecule has 0 aliphatic carbocycles. The molecular formula is C22H28N6OS. The van der Waals surface area contributed by atoms with Crippen molar-refractivity contribution in [3.05, 3.63) is 63.9 Å². The van der Waals surface area contributed by atoms with Crippen molar-refractivity contribution in [2.45, 2.75) is 27.1 Å². The third kappa shape index (κ3) is 4.45. The Morgan fingerprint density at radius 2 is 1.63 bits per heavy atom. The van der Waals surface area contributed by atoms with Crippen molar-refractivity contribution < 1.29 is 4.74 Å². The minimum Gasteiger partial charge on any atom is -0.497 e. The zero-order valence-corrected chi connectivity index (χ0v) is 18.6. The first-order valence-corrected chi connectivity index (χ1v) is 10.6. The van der Waals surface area contributed by atoms with Crippen LogP contribution in [0.15, 0.2) is 42.5 Å². The number of tetrazole rings is 1. The maximum Gasteiger partial charge on any atom is 0.221 e. The minimum absolute atomic E-state index is 0.629. The normalized spacial score (nSPS) is 15.4. The summed E-state index contributed by atoms with van der Waals surface area (Å²) in [6.07, 6.45) is 0. The molecule has 2 aromatic carbocycles. The van der Waals surface area contributed by atoms with Gasteiger partial charge in [-0.25, -0.2) is 4.68 Å². The van der Waals surface area contributed by atoms with Gasteiger partial charge in [-0.05, 0) is 71.4 Å². The molecule has 1 aliphatic rings. The number of aromatic nitrogens is 4. The van der Waals surface area contributed by atoms with E-state index in [9.17, 15) is 0 Å². The summed E-state index contributed by atoms with van der Waals surface area (Å²) >= 11 is 5.66. The van der Waals surface area contributed by atoms with Gasteiger partial charge >= 0.3 is 0 Å². The first kappa shape index (κ1) is 20.7. The monoisotopic (exact) mass is 424 g/mol. The Kier molecular flexibility index (Phi) is 6.26. The third-order valence-electron chi connectivity index (χ3n) is 5.81. The summed E-state index contributed by atoms with van der Waals surface area (Å²) < 4.78 is 9.44. The van der Waals surface area contributed by atoms with Gasteiger partial charge in [0.25, 0.3) is 0 Å². The SMILES string of the molecule is COc1ccc(CN2CCN(Cn3nnn(-c4cccc(C)c4C)c3=S)CC2)cc1. The van der Waals surface area contributed by atoms with Crippen LogP contribution < -0.4 is 4.74 Å². The average molecular weight is 425 g/mol. The van der Waals surface area contributed by atoms with Crippen LogP contribution in [0.1, 0.15) is 16.7 Å². The fourth-order valence-electron chi connectivity index (χ4n) is 3.75. The van der Waals surface area contributed by atoms with Gasteiger partial charge in [0, 0.05) is 32.7 Å². The second kappa shape index (κ2) is 9.07. The van der Waals surface area contributed by atoms with Crippen LogP contribution in [-0.2, 0) is 13.2 Å². The molecule has 1 saturated heterocycles. The van der Waals surface area contributed by atoms with Gasteiger partial charge in [-0.1, -0.05) is 24.3 Å². The number of benzene rings is 2. The molecule has 7 nitrogen and oxygen atoms in total. The van der Waals surface area contributed by atoms with Crippen LogP contribution in [0.25, 0.3) is 5.69 Å². The molecule has 3 aromatic rings. The summed E-state index contributed by atoms with van der Waals surface area (Å²) in [5.74, 6) is 0.897. The Balaban J connectivity index is 1.36. The van der Waals surface area contributed by atoms with E-state index in [-0.39, 0.29) is 0 Å². The maximum atomic E-state index is 5.66. The van der Waals surface area contributed by atoms with Crippen molar-refractivity contribution in [1.29, 1.82) is 0 Å². The van der Waals surface area contributed by atoms with Gasteiger partial charge in [0.1, 0.15) is 5.75 Å². The highest BCUT2D eigenvalue weighted by molar-refractivity contribution is 7.71. The van der Waals surface area contributed by atoms with Crippen LogP contribution in [0.4, 0.5) is 0 Å². The van der Waals surface area contributed by atoms with Crippen LogP contribution in [-0.4, -0.2) is 62.9 Å². The highest BCUT2D eigenvalue weighted by atomic mass is 32.1. The predicted molar refractivity (Wildman–Crippen MR) is 120 cm³/mol. The number of hydrogen-bond acceptors (Lipinski definition) is 6. The number of aryl methyl sites for hydroxylation is 1. The Labute approximate surface area is 182 Å². The molecule has 0 spiro atoms. The molecule has 2 heterocycles. The number of nitrogens with zero attached hydrogens (tertiary/aromatic N) is 6. The molecule has 158 valence electrons. The smallest absolute Gasteiger partial charge is 0.221 e. The summed E-state index contributed by atoms with van der Waals surface area (Å²) in [7, 11) is 1.70. The molecular weight excluding hydrogens is 396 g/mol. The molecule has 8 heteroatoms. The van der Waals surface area contributed by atoms with Gasteiger partial charge in [-0.2, -0.15) is 4.68 Å². The van der Waals surface area contributed by atoms with Crippen LogP contribution in [0.2, 0.25) is 0 Å². The van der Waals surface area contributed by atoms with E-state index in [1.54, 1.807) is 11.8 Å². The maximum absolute atomic E-state index is 5.66. The van der Waals surface area contributed by atoms with Crippen LogP contribution in [0.5, 0.6) is 5.75 Å². The van der Waals surface area contributed by atoms with E-state index in [2.05, 4.69) is 52.3 Å². The van der Waals surface area contributed by atoms with E-state index in [0.717, 1.165) is 44.2 Å². The van der Waals surface area contributed by atoms with Gasteiger partial charge < -0.3 is 4.74 Å². The summed E-state index contributed by atoms with van der Waals surface area (Å²) in [5.41, 5.74) is 4.70. The highest BCUT2D eigenvalue weighted by Crippen LogP contribution is 2.17. The van der Waals surface area contributed by atoms with Gasteiger partial charge in [0.2, 0.25) is 4.77 Å². The predicted octanol–water partition coefficient (Wildman–Crippen LogP) is 3.20. The van der Waals surface area contributed by atoms with E-state index in [1.165, 1.54) is 16.7 Å². The van der Waals surface area contributed by atoms with Crippen molar-refractivity contribution >= 4 is 12.2 Å². The molecule has 0 amide bonds. The molecule has 1 aliphatic heterocycles. The van der Waals surface area contributed by atoms with E-state index in [4.69, 9.17) is 17.0 Å². The quantitative estimate of drug-likeness (QED) is 0.567. The van der Waals surface area contributed by atoms with E-state index < -0.39 is 0 Å². The molecule has 1 aromatic heterocycles. The Morgan fingerprint density at radius 1 is 0.933 bits per heavy atom. The molecule has 1 fully saturated rings. The van der Waals surface area contributed by atoms with Crippen molar-refractivity contribution in [1.82, 2.24) is 29.6 Å². The highest BCUT2D eigenvalue weighted by Gasteiger charge is 2.19. The lowest BCUT2D eigenvalue weighted by molar-refractivity contribution is 0.0975. The Bertz CT molecular complexity index is 1050.